The number of hydrogen-bond donors (Lipinski definition) is 5. The summed E-state index contributed by atoms with van der Waals surface area (Å²) in [6.45, 7) is 5.78. The molecule has 4 amide bonds. The third kappa shape index (κ3) is 9.89. The minimum atomic E-state index is -1.02. The Morgan fingerprint density at radius 1 is 0.594 bits per heavy atom. The SMILES string of the molecule is COc1cc2c(C(=O)OC3CC4CC3C(C(=O)NC(=O)C3C5CC(CC5OC(=O)c5c(C)[nH]c6cc(Cl)c(OC)cc56)C3C(=O)NCCCN(C)C)C4C(=O)NCCCN(C)C)c(C)[nH]c2cc1Cl. The van der Waals surface area contributed by atoms with Gasteiger partial charge in [-0.1, -0.05) is 23.2 Å². The Morgan fingerprint density at radius 3 is 1.35 bits per heavy atom. The molecule has 5 N–H and O–H groups in total. The number of amides is 4. The summed E-state index contributed by atoms with van der Waals surface area (Å²) in [6, 6.07) is 6.70. The summed E-state index contributed by atoms with van der Waals surface area (Å²) >= 11 is 12.8. The van der Waals surface area contributed by atoms with Crippen LogP contribution in [0.1, 0.15) is 70.6 Å². The maximum Gasteiger partial charge on any atom is 0.340 e. The quantitative estimate of drug-likeness (QED) is 0.0464. The number of methoxy groups -OCH3 is 2. The molecule has 372 valence electrons. The molecule has 10 unspecified atom stereocenters. The summed E-state index contributed by atoms with van der Waals surface area (Å²) in [4.78, 5) is 96.5. The lowest BCUT2D eigenvalue weighted by atomic mass is 9.75. The highest BCUT2D eigenvalue weighted by molar-refractivity contribution is 6.33. The predicted molar refractivity (Wildman–Crippen MR) is 260 cm³/mol. The Balaban J connectivity index is 1.05. The monoisotopic (exact) mass is 991 g/mol. The molecule has 4 aliphatic rings. The van der Waals surface area contributed by atoms with Gasteiger partial charge in [-0.15, -0.1) is 0 Å². The van der Waals surface area contributed by atoms with Gasteiger partial charge in [0.2, 0.25) is 23.6 Å². The van der Waals surface area contributed by atoms with E-state index < -0.39 is 71.5 Å². The number of hydrogen-bond acceptors (Lipinski definition) is 12. The second-order valence-electron chi connectivity index (χ2n) is 19.8. The summed E-state index contributed by atoms with van der Waals surface area (Å²) < 4.78 is 23.4. The van der Waals surface area contributed by atoms with Gasteiger partial charge in [0, 0.05) is 58.1 Å². The van der Waals surface area contributed by atoms with Crippen molar-refractivity contribution >= 4 is 80.6 Å². The van der Waals surface area contributed by atoms with Crippen LogP contribution < -0.4 is 25.4 Å². The lowest BCUT2D eigenvalue weighted by Crippen LogP contribution is -2.53. The molecule has 0 aliphatic heterocycles. The first-order valence-corrected chi connectivity index (χ1v) is 24.5. The number of esters is 2. The first-order chi connectivity index (χ1) is 32.9. The highest BCUT2D eigenvalue weighted by Gasteiger charge is 2.62. The number of imide groups is 1. The van der Waals surface area contributed by atoms with Gasteiger partial charge in [0.05, 0.1) is 59.1 Å². The number of ether oxygens (including phenoxy) is 4. The molecule has 2 aromatic carbocycles. The van der Waals surface area contributed by atoms with Crippen molar-refractivity contribution in [3.8, 4) is 11.5 Å². The zero-order valence-corrected chi connectivity index (χ0v) is 41.9. The highest BCUT2D eigenvalue weighted by Crippen LogP contribution is 2.56. The number of carbonyl (C=O) groups is 6. The molecule has 4 bridgehead atoms. The summed E-state index contributed by atoms with van der Waals surface area (Å²) in [7, 11) is 10.8. The number of rotatable bonds is 18. The highest BCUT2D eigenvalue weighted by atomic mass is 35.5. The Bertz CT molecular complexity index is 2490. The number of nitrogens with zero attached hydrogens (tertiary/aromatic N) is 2. The maximum atomic E-state index is 14.8. The van der Waals surface area contributed by atoms with Gasteiger partial charge in [-0.2, -0.15) is 0 Å². The van der Waals surface area contributed by atoms with Crippen molar-refractivity contribution in [3.05, 3.63) is 56.8 Å². The third-order valence-electron chi connectivity index (χ3n) is 14.9. The molecule has 17 nitrogen and oxygen atoms in total. The average molecular weight is 993 g/mol. The summed E-state index contributed by atoms with van der Waals surface area (Å²) in [5, 5.41) is 10.6. The summed E-state index contributed by atoms with van der Waals surface area (Å²) in [6.07, 6.45) is 1.45. The molecule has 0 spiro atoms. The zero-order chi connectivity index (χ0) is 49.6. The van der Waals surface area contributed by atoms with Gasteiger partial charge in [0.15, 0.2) is 0 Å². The largest absolute Gasteiger partial charge is 0.495 e. The van der Waals surface area contributed by atoms with Gasteiger partial charge in [0.25, 0.3) is 0 Å². The Kier molecular flexibility index (Phi) is 14.9. The molecule has 0 radical (unpaired) electrons. The molecule has 4 fully saturated rings. The van der Waals surface area contributed by atoms with E-state index in [0.29, 0.717) is 117 Å². The van der Waals surface area contributed by atoms with E-state index in [2.05, 4.69) is 25.9 Å². The van der Waals surface area contributed by atoms with Crippen molar-refractivity contribution < 1.29 is 47.7 Å². The van der Waals surface area contributed by atoms with E-state index in [-0.39, 0.29) is 23.7 Å². The Labute approximate surface area is 411 Å². The molecular weight excluding hydrogens is 929 g/mol. The van der Waals surface area contributed by atoms with Gasteiger partial charge in [-0.05, 0) is 130 Å². The number of halogens is 2. The van der Waals surface area contributed by atoms with Crippen LogP contribution in [0.15, 0.2) is 24.3 Å². The van der Waals surface area contributed by atoms with E-state index >= 15 is 0 Å². The minimum Gasteiger partial charge on any atom is -0.495 e. The number of aromatic nitrogens is 2. The number of nitrogens with one attached hydrogen (secondary N) is 5. The average Bonchev–Trinajstić information content (AvgIpc) is 4.15. The lowest BCUT2D eigenvalue weighted by Gasteiger charge is -2.36. The standard InChI is InChI=1S/C50H63Cl2N7O10/c1-23-39(27-19-37(66-7)31(51)21-33(27)55-23)49(64)68-35-17-25-15-29(35)43(41(25)45(60)53-11-9-13-58(3)4)47(62)57-48(63)44-30-16-26(42(44)46(61)54-12-10-14-59(5)6)18-36(30)69-50(65)40-24(2)56-34-22-32(52)38(67-8)20-28(34)40/h19-22,25-26,29-30,35-36,41-44,55-56H,9-18H2,1-8H3,(H,53,60)(H,54,61)(H,57,62,63). The van der Waals surface area contributed by atoms with Gasteiger partial charge >= 0.3 is 11.9 Å². The number of fused-ring (bicyclic) bond motifs is 6. The number of H-pyrrole nitrogens is 2. The zero-order valence-electron chi connectivity index (χ0n) is 40.4. The van der Waals surface area contributed by atoms with E-state index in [1.54, 1.807) is 38.1 Å². The van der Waals surface area contributed by atoms with Crippen molar-refractivity contribution in [1.82, 2.24) is 35.7 Å². The van der Waals surface area contributed by atoms with Crippen LogP contribution in [0.5, 0.6) is 11.5 Å². The van der Waals surface area contributed by atoms with Crippen LogP contribution in [-0.4, -0.2) is 136 Å². The molecule has 4 aromatic rings. The lowest BCUT2D eigenvalue weighted by molar-refractivity contribution is -0.147. The van der Waals surface area contributed by atoms with Crippen LogP contribution in [0.25, 0.3) is 21.8 Å². The van der Waals surface area contributed by atoms with Gasteiger partial charge < -0.3 is 49.3 Å². The normalized spacial score (nSPS) is 25.7. The first kappa shape index (κ1) is 50.0. The van der Waals surface area contributed by atoms with Crippen LogP contribution in [0.4, 0.5) is 0 Å². The third-order valence-corrected chi connectivity index (χ3v) is 15.5. The topological polar surface area (TPSA) is 213 Å². The smallest absolute Gasteiger partial charge is 0.340 e. The molecule has 10 atom stereocenters. The fourth-order valence-corrected chi connectivity index (χ4v) is 12.5. The molecular formula is C50H63Cl2N7O10. The van der Waals surface area contributed by atoms with E-state index in [4.69, 9.17) is 42.1 Å². The van der Waals surface area contributed by atoms with E-state index in [1.165, 1.54) is 14.2 Å². The van der Waals surface area contributed by atoms with E-state index in [9.17, 15) is 28.8 Å². The fraction of sp³-hybridized carbons (Fsp3) is 0.560. The molecule has 8 rings (SSSR count). The van der Waals surface area contributed by atoms with Crippen LogP contribution >= 0.6 is 23.2 Å². The summed E-state index contributed by atoms with van der Waals surface area (Å²) in [5.41, 5.74) is 2.97. The molecule has 69 heavy (non-hydrogen) atoms. The van der Waals surface area contributed by atoms with Crippen molar-refractivity contribution in [1.29, 1.82) is 0 Å². The van der Waals surface area contributed by atoms with Crippen LogP contribution in [0, 0.1) is 61.2 Å². The van der Waals surface area contributed by atoms with Gasteiger partial charge in [-0.25, -0.2) is 9.59 Å². The molecule has 2 heterocycles. The second kappa shape index (κ2) is 20.5. The number of aromatic amines is 2. The Hall–Kier alpha value is -5.36. The fourth-order valence-electron chi connectivity index (χ4n) is 12.0. The van der Waals surface area contributed by atoms with Crippen molar-refractivity contribution in [2.24, 2.45) is 47.3 Å². The summed E-state index contributed by atoms with van der Waals surface area (Å²) in [5.74, 6) is -7.82. The first-order valence-electron chi connectivity index (χ1n) is 23.7. The number of carbonyl (C=O) groups excluding carboxylic acids is 6. The number of aryl methyl sites for hydroxylation is 2. The molecule has 4 aliphatic carbocycles. The van der Waals surface area contributed by atoms with Crippen molar-refractivity contribution in [3.63, 3.8) is 0 Å². The second-order valence-corrected chi connectivity index (χ2v) is 20.7. The van der Waals surface area contributed by atoms with Crippen LogP contribution in [-0.2, 0) is 28.7 Å². The van der Waals surface area contributed by atoms with Gasteiger partial charge in [0.1, 0.15) is 23.7 Å². The number of benzene rings is 2. The molecule has 0 saturated heterocycles. The van der Waals surface area contributed by atoms with Crippen LogP contribution in [0.3, 0.4) is 0 Å². The van der Waals surface area contributed by atoms with E-state index in [1.807, 2.05) is 38.0 Å². The van der Waals surface area contributed by atoms with Crippen LogP contribution in [0.2, 0.25) is 10.0 Å². The van der Waals surface area contributed by atoms with Crippen molar-refractivity contribution in [2.75, 3.05) is 68.6 Å². The Morgan fingerprint density at radius 2 is 0.986 bits per heavy atom. The maximum absolute atomic E-state index is 14.8. The minimum absolute atomic E-state index is 0.301. The van der Waals surface area contributed by atoms with Crippen molar-refractivity contribution in [2.45, 2.75) is 64.6 Å². The predicted octanol–water partition coefficient (Wildman–Crippen LogP) is 5.66. The molecule has 2 aromatic heterocycles. The van der Waals surface area contributed by atoms with E-state index in [0.717, 1.165) is 13.1 Å². The molecule has 19 heteroatoms. The van der Waals surface area contributed by atoms with Gasteiger partial charge in [-0.3, -0.25) is 24.5 Å². The molecule has 4 saturated carbocycles.